The second-order valence-electron chi connectivity index (χ2n) is 7.83. The van der Waals surface area contributed by atoms with Crippen LogP contribution in [0.4, 0.5) is 22.6 Å². The molecule has 2 aromatic heterocycles. The number of nitrogens with two attached hydrogens (primary N) is 1. The molecule has 1 aromatic carbocycles. The molecule has 2 heterocycles. The summed E-state index contributed by atoms with van der Waals surface area (Å²) in [5, 5.41) is 6.44. The molecule has 162 valence electrons. The molecule has 31 heavy (non-hydrogen) atoms. The lowest BCUT2D eigenvalue weighted by molar-refractivity contribution is -0.123. The summed E-state index contributed by atoms with van der Waals surface area (Å²) >= 11 is 1.16. The number of nitrogens with zero attached hydrogens (tertiary/aromatic N) is 3. The number of esters is 1. The van der Waals surface area contributed by atoms with Gasteiger partial charge in [-0.25, -0.2) is 4.79 Å². The number of benzene rings is 1. The van der Waals surface area contributed by atoms with Gasteiger partial charge in [0.2, 0.25) is 17.8 Å². The smallest absolute Gasteiger partial charge is 0.349 e. The maximum atomic E-state index is 12.6. The first-order chi connectivity index (χ1) is 14.6. The van der Waals surface area contributed by atoms with Crippen LogP contribution < -0.4 is 16.4 Å². The van der Waals surface area contributed by atoms with Crippen molar-refractivity contribution in [1.82, 2.24) is 15.0 Å². The van der Waals surface area contributed by atoms with Crippen LogP contribution in [-0.2, 0) is 16.1 Å². The zero-order valence-corrected chi connectivity index (χ0v) is 18.5. The number of nitrogens with one attached hydrogen (secondary N) is 2. The van der Waals surface area contributed by atoms with E-state index in [-0.39, 0.29) is 30.2 Å². The van der Waals surface area contributed by atoms with Gasteiger partial charge in [-0.1, -0.05) is 39.0 Å². The van der Waals surface area contributed by atoms with E-state index >= 15 is 0 Å². The number of anilines is 4. The summed E-state index contributed by atoms with van der Waals surface area (Å²) in [6.07, 6.45) is 0. The Morgan fingerprint density at radius 1 is 1.13 bits per heavy atom. The van der Waals surface area contributed by atoms with Crippen molar-refractivity contribution in [3.8, 4) is 0 Å². The number of amides is 1. The molecule has 0 radical (unpaired) electrons. The zero-order chi connectivity index (χ0) is 22.6. The van der Waals surface area contributed by atoms with Crippen LogP contribution in [0.5, 0.6) is 0 Å². The van der Waals surface area contributed by atoms with E-state index in [9.17, 15) is 9.59 Å². The third-order valence-corrected chi connectivity index (χ3v) is 5.21. The third kappa shape index (κ3) is 5.98. The molecule has 0 spiro atoms. The standard InChI is InChI=1S/C21H24N6O3S/c1-12-10-15(26-18(29)21(2,3)4)31-16(12)17(28)30-11-14-24-19(22)27-20(25-14)23-13-8-6-5-7-9-13/h5-10H,11H2,1-4H3,(H,26,29)(H3,22,23,24,25,27). The summed E-state index contributed by atoms with van der Waals surface area (Å²) in [6.45, 7) is 7.07. The van der Waals surface area contributed by atoms with Gasteiger partial charge in [0.15, 0.2) is 12.4 Å². The van der Waals surface area contributed by atoms with Crippen LogP contribution in [0.3, 0.4) is 0 Å². The van der Waals surface area contributed by atoms with Gasteiger partial charge in [0.25, 0.3) is 0 Å². The second kappa shape index (κ2) is 9.09. The highest BCUT2D eigenvalue weighted by atomic mass is 32.1. The Balaban J connectivity index is 1.66. The Bertz CT molecular complexity index is 1090. The summed E-state index contributed by atoms with van der Waals surface area (Å²) in [5.74, 6) is -0.180. The lowest BCUT2D eigenvalue weighted by atomic mass is 9.96. The number of ether oxygens (including phenoxy) is 1. The molecule has 0 atom stereocenters. The number of aromatic nitrogens is 3. The molecule has 4 N–H and O–H groups in total. The summed E-state index contributed by atoms with van der Waals surface area (Å²) in [7, 11) is 0. The fourth-order valence-corrected chi connectivity index (χ4v) is 3.41. The number of thiophene rings is 1. The van der Waals surface area contributed by atoms with Crippen molar-refractivity contribution < 1.29 is 14.3 Å². The molecule has 1 amide bonds. The van der Waals surface area contributed by atoms with Gasteiger partial charge in [-0.15, -0.1) is 11.3 Å². The predicted octanol–water partition coefficient (Wildman–Crippen LogP) is 3.91. The van der Waals surface area contributed by atoms with Gasteiger partial charge in [0, 0.05) is 11.1 Å². The summed E-state index contributed by atoms with van der Waals surface area (Å²) < 4.78 is 5.36. The molecule has 0 saturated carbocycles. The molecule has 0 aliphatic carbocycles. The van der Waals surface area contributed by atoms with Gasteiger partial charge >= 0.3 is 5.97 Å². The summed E-state index contributed by atoms with van der Waals surface area (Å²) in [4.78, 5) is 37.4. The lowest BCUT2D eigenvalue weighted by Gasteiger charge is -2.16. The molecule has 0 fully saturated rings. The first-order valence-electron chi connectivity index (χ1n) is 9.53. The maximum absolute atomic E-state index is 12.6. The number of hydrogen-bond acceptors (Lipinski definition) is 9. The van der Waals surface area contributed by atoms with Crippen molar-refractivity contribution in [2.24, 2.45) is 5.41 Å². The van der Waals surface area contributed by atoms with Crippen molar-refractivity contribution in [2.75, 3.05) is 16.4 Å². The Morgan fingerprint density at radius 3 is 2.52 bits per heavy atom. The first kappa shape index (κ1) is 22.2. The molecular weight excluding hydrogens is 416 g/mol. The number of rotatable bonds is 6. The van der Waals surface area contributed by atoms with Crippen LogP contribution in [0.25, 0.3) is 0 Å². The summed E-state index contributed by atoms with van der Waals surface area (Å²) in [6, 6.07) is 11.1. The number of aryl methyl sites for hydroxylation is 1. The van der Waals surface area contributed by atoms with E-state index in [2.05, 4.69) is 25.6 Å². The van der Waals surface area contributed by atoms with Crippen molar-refractivity contribution >= 4 is 45.8 Å². The minimum Gasteiger partial charge on any atom is -0.453 e. The monoisotopic (exact) mass is 440 g/mol. The lowest BCUT2D eigenvalue weighted by Crippen LogP contribution is -2.27. The molecule has 0 aliphatic heterocycles. The highest BCUT2D eigenvalue weighted by molar-refractivity contribution is 7.18. The highest BCUT2D eigenvalue weighted by Crippen LogP contribution is 2.29. The zero-order valence-electron chi connectivity index (χ0n) is 17.7. The fourth-order valence-electron chi connectivity index (χ4n) is 2.45. The van der Waals surface area contributed by atoms with Crippen molar-refractivity contribution in [3.05, 3.63) is 52.7 Å². The molecule has 9 nitrogen and oxygen atoms in total. The SMILES string of the molecule is Cc1cc(NC(=O)C(C)(C)C)sc1C(=O)OCc1nc(N)nc(Nc2ccccc2)n1. The summed E-state index contributed by atoms with van der Waals surface area (Å²) in [5.41, 5.74) is 6.72. The number of hydrogen-bond donors (Lipinski definition) is 3. The number of carbonyl (C=O) groups is 2. The molecule has 3 rings (SSSR count). The van der Waals surface area contributed by atoms with E-state index in [1.807, 2.05) is 51.1 Å². The van der Waals surface area contributed by atoms with Crippen molar-refractivity contribution in [3.63, 3.8) is 0 Å². The molecule has 0 saturated heterocycles. The van der Waals surface area contributed by atoms with Crippen LogP contribution in [0.15, 0.2) is 36.4 Å². The van der Waals surface area contributed by atoms with E-state index in [1.165, 1.54) is 0 Å². The Morgan fingerprint density at radius 2 is 1.84 bits per heavy atom. The Kier molecular flexibility index (Phi) is 6.50. The second-order valence-corrected chi connectivity index (χ2v) is 8.88. The fraction of sp³-hybridized carbons (Fsp3) is 0.286. The van der Waals surface area contributed by atoms with Gasteiger partial charge in [0.1, 0.15) is 4.88 Å². The van der Waals surface area contributed by atoms with Crippen molar-refractivity contribution in [1.29, 1.82) is 0 Å². The highest BCUT2D eigenvalue weighted by Gasteiger charge is 2.23. The van der Waals surface area contributed by atoms with E-state index in [1.54, 1.807) is 13.0 Å². The maximum Gasteiger partial charge on any atom is 0.349 e. The average molecular weight is 441 g/mol. The van der Waals surface area contributed by atoms with Crippen LogP contribution in [-0.4, -0.2) is 26.8 Å². The number of nitrogen functional groups attached to an aromatic ring is 1. The van der Waals surface area contributed by atoms with E-state index < -0.39 is 11.4 Å². The molecular formula is C21H24N6O3S. The Hall–Kier alpha value is -3.53. The van der Waals surface area contributed by atoms with Gasteiger partial charge in [-0.3, -0.25) is 4.79 Å². The normalized spacial score (nSPS) is 11.1. The van der Waals surface area contributed by atoms with Gasteiger partial charge in [-0.2, -0.15) is 15.0 Å². The first-order valence-corrected chi connectivity index (χ1v) is 10.3. The minimum absolute atomic E-state index is 0.0129. The minimum atomic E-state index is -0.539. The molecule has 3 aromatic rings. The molecule has 0 aliphatic rings. The largest absolute Gasteiger partial charge is 0.453 e. The number of carbonyl (C=O) groups excluding carboxylic acids is 2. The molecule has 10 heteroatoms. The van der Waals surface area contributed by atoms with Gasteiger partial charge in [0.05, 0.1) is 5.00 Å². The third-order valence-electron chi connectivity index (χ3n) is 4.08. The van der Waals surface area contributed by atoms with E-state index in [0.717, 1.165) is 17.0 Å². The van der Waals surface area contributed by atoms with E-state index in [0.29, 0.717) is 15.4 Å². The topological polar surface area (TPSA) is 132 Å². The van der Waals surface area contributed by atoms with Crippen molar-refractivity contribution in [2.45, 2.75) is 34.3 Å². The average Bonchev–Trinajstić information content (AvgIpc) is 3.06. The molecule has 0 unspecified atom stereocenters. The van der Waals surface area contributed by atoms with E-state index in [4.69, 9.17) is 10.5 Å². The van der Waals surface area contributed by atoms with Crippen LogP contribution >= 0.6 is 11.3 Å². The Labute approximate surface area is 184 Å². The van der Waals surface area contributed by atoms with Crippen LogP contribution in [0.2, 0.25) is 0 Å². The van der Waals surface area contributed by atoms with Crippen LogP contribution in [0, 0.1) is 12.3 Å². The predicted molar refractivity (Wildman–Crippen MR) is 120 cm³/mol. The molecule has 0 bridgehead atoms. The van der Waals surface area contributed by atoms with Gasteiger partial charge < -0.3 is 21.1 Å². The van der Waals surface area contributed by atoms with Crippen LogP contribution in [0.1, 0.15) is 41.8 Å². The number of para-hydroxylation sites is 1. The quantitative estimate of drug-likeness (QED) is 0.492. The van der Waals surface area contributed by atoms with Gasteiger partial charge in [-0.05, 0) is 30.7 Å².